The second-order valence-corrected chi connectivity index (χ2v) is 9.89. The maximum atomic E-state index is 12.1. The van der Waals surface area contributed by atoms with Crippen LogP contribution in [0.2, 0.25) is 0 Å². The van der Waals surface area contributed by atoms with Gasteiger partial charge in [-0.2, -0.15) is 0 Å². The van der Waals surface area contributed by atoms with Gasteiger partial charge in [0.2, 0.25) is 0 Å². The lowest BCUT2D eigenvalue weighted by molar-refractivity contribution is -0.144. The number of aromatic nitrogens is 1. The van der Waals surface area contributed by atoms with E-state index in [1.54, 1.807) is 6.20 Å². The van der Waals surface area contributed by atoms with E-state index < -0.39 is 21.8 Å². The Morgan fingerprint density at radius 1 is 1.26 bits per heavy atom. The third kappa shape index (κ3) is 3.61. The van der Waals surface area contributed by atoms with Gasteiger partial charge in [0.1, 0.15) is 6.04 Å². The molecule has 2 atom stereocenters. The van der Waals surface area contributed by atoms with Crippen molar-refractivity contribution < 1.29 is 18.3 Å². The molecule has 27 heavy (non-hydrogen) atoms. The summed E-state index contributed by atoms with van der Waals surface area (Å²) in [7, 11) is -2.91. The van der Waals surface area contributed by atoms with Crippen molar-refractivity contribution in [3.63, 3.8) is 0 Å². The standard InChI is InChI=1S/C19H25N3O4S/c1-13-2-3-17-15(10-13)16(11-20-17)18(19(23)24)22-7-5-21(6-8-22)14-4-9-27(25,26)12-14/h2-3,10-11,14,18,20H,4-9,12H2,1H3,(H,23,24). The van der Waals surface area contributed by atoms with Crippen molar-refractivity contribution in [3.05, 3.63) is 35.5 Å². The molecule has 4 rings (SSSR count). The van der Waals surface area contributed by atoms with E-state index in [1.165, 1.54) is 0 Å². The van der Waals surface area contributed by atoms with Gasteiger partial charge in [-0.15, -0.1) is 0 Å². The molecule has 2 aliphatic heterocycles. The Hall–Kier alpha value is -1.90. The van der Waals surface area contributed by atoms with E-state index in [0.29, 0.717) is 32.6 Å². The van der Waals surface area contributed by atoms with E-state index in [9.17, 15) is 18.3 Å². The molecule has 2 N–H and O–H groups in total. The zero-order valence-corrected chi connectivity index (χ0v) is 16.2. The Morgan fingerprint density at radius 2 is 2.00 bits per heavy atom. The highest BCUT2D eigenvalue weighted by atomic mass is 32.2. The van der Waals surface area contributed by atoms with Crippen LogP contribution in [0.3, 0.4) is 0 Å². The van der Waals surface area contributed by atoms with Gasteiger partial charge in [0.05, 0.1) is 11.5 Å². The first-order chi connectivity index (χ1) is 12.8. The Labute approximate surface area is 158 Å². The van der Waals surface area contributed by atoms with E-state index >= 15 is 0 Å². The third-order valence-corrected chi connectivity index (χ3v) is 7.59. The summed E-state index contributed by atoms with van der Waals surface area (Å²) in [6.07, 6.45) is 2.49. The normalized spacial score (nSPS) is 25.0. The number of carbonyl (C=O) groups is 1. The molecule has 3 heterocycles. The summed E-state index contributed by atoms with van der Waals surface area (Å²) in [5, 5.41) is 10.9. The van der Waals surface area contributed by atoms with Crippen molar-refractivity contribution in [2.24, 2.45) is 0 Å². The second kappa shape index (κ2) is 6.92. The van der Waals surface area contributed by atoms with Crippen LogP contribution in [0.25, 0.3) is 10.9 Å². The van der Waals surface area contributed by atoms with Gasteiger partial charge >= 0.3 is 5.97 Å². The maximum Gasteiger partial charge on any atom is 0.325 e. The SMILES string of the molecule is Cc1ccc2[nH]cc(C(C(=O)O)N3CCN(C4CCS(=O)(=O)C4)CC3)c2c1. The summed E-state index contributed by atoms with van der Waals surface area (Å²) >= 11 is 0. The minimum Gasteiger partial charge on any atom is -0.480 e. The van der Waals surface area contributed by atoms with Crippen molar-refractivity contribution in [1.29, 1.82) is 0 Å². The number of carboxylic acid groups (broad SMARTS) is 1. The van der Waals surface area contributed by atoms with Gasteiger partial charge in [0, 0.05) is 54.9 Å². The molecule has 0 radical (unpaired) electrons. The Morgan fingerprint density at radius 3 is 2.63 bits per heavy atom. The van der Waals surface area contributed by atoms with E-state index in [2.05, 4.69) is 9.88 Å². The van der Waals surface area contributed by atoms with Crippen LogP contribution in [0, 0.1) is 6.92 Å². The lowest BCUT2D eigenvalue weighted by Gasteiger charge is -2.40. The highest BCUT2D eigenvalue weighted by molar-refractivity contribution is 7.91. The quantitative estimate of drug-likeness (QED) is 0.818. The fourth-order valence-corrected chi connectivity index (χ4v) is 6.15. The topological polar surface area (TPSA) is 93.7 Å². The first-order valence-corrected chi connectivity index (χ1v) is 11.2. The molecule has 2 saturated heterocycles. The number of aromatic amines is 1. The number of carboxylic acids is 1. The van der Waals surface area contributed by atoms with Crippen LogP contribution in [0.15, 0.2) is 24.4 Å². The fourth-order valence-electron chi connectivity index (χ4n) is 4.39. The molecular weight excluding hydrogens is 366 g/mol. The van der Waals surface area contributed by atoms with Gasteiger partial charge < -0.3 is 10.1 Å². The highest BCUT2D eigenvalue weighted by Gasteiger charge is 2.37. The van der Waals surface area contributed by atoms with Crippen molar-refractivity contribution in [3.8, 4) is 0 Å². The molecule has 0 amide bonds. The van der Waals surface area contributed by atoms with Crippen molar-refractivity contribution >= 4 is 26.7 Å². The number of rotatable bonds is 4. The molecule has 2 aliphatic rings. The molecule has 2 aromatic rings. The van der Waals surface area contributed by atoms with E-state index in [0.717, 1.165) is 22.0 Å². The van der Waals surface area contributed by atoms with Crippen LogP contribution < -0.4 is 0 Å². The molecule has 0 saturated carbocycles. The third-order valence-electron chi connectivity index (χ3n) is 5.84. The lowest BCUT2D eigenvalue weighted by Crippen LogP contribution is -2.52. The van der Waals surface area contributed by atoms with Gasteiger partial charge in [-0.3, -0.25) is 14.6 Å². The van der Waals surface area contributed by atoms with E-state index in [1.807, 2.05) is 30.0 Å². The van der Waals surface area contributed by atoms with E-state index in [-0.39, 0.29) is 17.5 Å². The predicted octanol–water partition coefficient (Wildman–Crippen LogP) is 1.41. The highest BCUT2D eigenvalue weighted by Crippen LogP contribution is 2.31. The average molecular weight is 391 g/mol. The smallest absolute Gasteiger partial charge is 0.325 e. The molecule has 2 unspecified atom stereocenters. The summed E-state index contributed by atoms with van der Waals surface area (Å²) < 4.78 is 23.5. The van der Waals surface area contributed by atoms with Gasteiger partial charge in [-0.25, -0.2) is 8.42 Å². The number of nitrogens with one attached hydrogen (secondary N) is 1. The minimum atomic E-state index is -2.91. The number of fused-ring (bicyclic) bond motifs is 1. The van der Waals surface area contributed by atoms with Crippen molar-refractivity contribution in [2.75, 3.05) is 37.7 Å². The second-order valence-electron chi connectivity index (χ2n) is 7.66. The number of aliphatic carboxylic acids is 1. The molecule has 2 fully saturated rings. The largest absolute Gasteiger partial charge is 0.480 e. The maximum absolute atomic E-state index is 12.1. The molecule has 146 valence electrons. The van der Waals surface area contributed by atoms with Crippen LogP contribution in [0.4, 0.5) is 0 Å². The Bertz CT molecular complexity index is 960. The predicted molar refractivity (Wildman–Crippen MR) is 104 cm³/mol. The van der Waals surface area contributed by atoms with Crippen LogP contribution in [0.1, 0.15) is 23.6 Å². The van der Waals surface area contributed by atoms with Gasteiger partial charge in [0.15, 0.2) is 9.84 Å². The Balaban J connectivity index is 1.52. The van der Waals surface area contributed by atoms with Crippen molar-refractivity contribution in [1.82, 2.24) is 14.8 Å². The zero-order chi connectivity index (χ0) is 19.2. The summed E-state index contributed by atoms with van der Waals surface area (Å²) in [6.45, 7) is 4.63. The molecule has 1 aromatic carbocycles. The van der Waals surface area contributed by atoms with Gasteiger partial charge in [0.25, 0.3) is 0 Å². The Kier molecular flexibility index (Phi) is 4.73. The zero-order valence-electron chi connectivity index (χ0n) is 15.4. The first kappa shape index (κ1) is 18.5. The van der Waals surface area contributed by atoms with Gasteiger partial charge in [-0.1, -0.05) is 11.6 Å². The van der Waals surface area contributed by atoms with Crippen LogP contribution in [-0.2, 0) is 14.6 Å². The number of hydrogen-bond donors (Lipinski definition) is 2. The average Bonchev–Trinajstić information content (AvgIpc) is 3.19. The van der Waals surface area contributed by atoms with Crippen LogP contribution in [0.5, 0.6) is 0 Å². The summed E-state index contributed by atoms with van der Waals surface area (Å²) in [4.78, 5) is 19.5. The summed E-state index contributed by atoms with van der Waals surface area (Å²) in [5.74, 6) is -0.351. The van der Waals surface area contributed by atoms with Crippen LogP contribution in [-0.4, -0.2) is 78.0 Å². The van der Waals surface area contributed by atoms with Crippen molar-refractivity contribution in [2.45, 2.75) is 25.4 Å². The number of sulfone groups is 1. The molecule has 7 nitrogen and oxygen atoms in total. The number of piperazine rings is 1. The molecule has 8 heteroatoms. The van der Waals surface area contributed by atoms with E-state index in [4.69, 9.17) is 0 Å². The molecular formula is C19H25N3O4S. The monoisotopic (exact) mass is 391 g/mol. The molecule has 0 aliphatic carbocycles. The number of H-pyrrole nitrogens is 1. The first-order valence-electron chi connectivity index (χ1n) is 9.33. The number of aryl methyl sites for hydroxylation is 1. The number of nitrogens with zero attached hydrogens (tertiary/aromatic N) is 2. The molecule has 0 spiro atoms. The van der Waals surface area contributed by atoms with Gasteiger partial charge in [-0.05, 0) is 25.5 Å². The minimum absolute atomic E-state index is 0.0798. The summed E-state index contributed by atoms with van der Waals surface area (Å²) in [6, 6.07) is 5.39. The van der Waals surface area contributed by atoms with Crippen LogP contribution >= 0.6 is 0 Å². The summed E-state index contributed by atoms with van der Waals surface area (Å²) in [5.41, 5.74) is 2.83. The molecule has 0 bridgehead atoms. The molecule has 1 aromatic heterocycles. The number of benzene rings is 1. The lowest BCUT2D eigenvalue weighted by atomic mass is 10.0. The number of hydrogen-bond acceptors (Lipinski definition) is 5. The fraction of sp³-hybridized carbons (Fsp3) is 0.526.